The van der Waals surface area contributed by atoms with Crippen LogP contribution in [-0.4, -0.2) is 35.0 Å². The van der Waals surface area contributed by atoms with Crippen molar-refractivity contribution >= 4 is 40.4 Å². The molecule has 0 saturated heterocycles. The zero-order valence-corrected chi connectivity index (χ0v) is 20.4. The molecule has 1 aromatic heterocycles. The number of para-hydroxylation sites is 2. The van der Waals surface area contributed by atoms with E-state index in [9.17, 15) is 14.7 Å². The van der Waals surface area contributed by atoms with Gasteiger partial charge in [0.2, 0.25) is 11.5 Å². The third-order valence-electron chi connectivity index (χ3n) is 5.45. The second kappa shape index (κ2) is 10.5. The number of hydrogen-bond donors (Lipinski definition) is 0. The Morgan fingerprint density at radius 3 is 2.54 bits per heavy atom. The van der Waals surface area contributed by atoms with Crippen LogP contribution in [0.4, 0.5) is 5.69 Å². The van der Waals surface area contributed by atoms with Crippen molar-refractivity contribution in [3.63, 3.8) is 0 Å². The highest BCUT2D eigenvalue weighted by Gasteiger charge is 2.34. The molecule has 0 fully saturated rings. The fourth-order valence-corrected chi connectivity index (χ4v) is 4.59. The van der Waals surface area contributed by atoms with Crippen LogP contribution in [0.15, 0.2) is 100 Å². The van der Waals surface area contributed by atoms with Gasteiger partial charge in [-0.15, -0.1) is 0 Å². The number of aliphatic imine (C=N–C) groups is 1. The Balaban J connectivity index is 1.44. The number of hydrogen-bond acceptors (Lipinski definition) is 8. The second-order valence-corrected chi connectivity index (χ2v) is 8.79. The van der Waals surface area contributed by atoms with Crippen LogP contribution in [0.3, 0.4) is 0 Å². The van der Waals surface area contributed by atoms with E-state index in [0.29, 0.717) is 22.3 Å². The maximum Gasteiger partial charge on any atom is 0.307 e. The van der Waals surface area contributed by atoms with Gasteiger partial charge < -0.3 is 14.4 Å². The largest absolute Gasteiger partial charge is 0.539 e. The Bertz CT molecular complexity index is 1520. The van der Waals surface area contributed by atoms with Crippen molar-refractivity contribution in [2.75, 3.05) is 17.8 Å². The molecule has 37 heavy (non-hydrogen) atoms. The van der Waals surface area contributed by atoms with Crippen molar-refractivity contribution in [2.45, 2.75) is 0 Å². The number of Topliss-reactive ketones (excluding diaryl/α,β-unsaturated/α-hetero) is 1. The summed E-state index contributed by atoms with van der Waals surface area (Å²) in [4.78, 5) is 32.5. The molecule has 5 rings (SSSR count). The van der Waals surface area contributed by atoms with Gasteiger partial charge >= 0.3 is 5.69 Å². The van der Waals surface area contributed by atoms with Crippen LogP contribution in [0, 0.1) is 0 Å². The number of ether oxygens (including phenoxy) is 1. The lowest BCUT2D eigenvalue weighted by molar-refractivity contribution is -0.672. The minimum atomic E-state index is -0.836. The van der Waals surface area contributed by atoms with E-state index < -0.39 is 11.7 Å². The fourth-order valence-electron chi connectivity index (χ4n) is 3.71. The van der Waals surface area contributed by atoms with Crippen LogP contribution in [0.1, 0.15) is 16.1 Å². The molecule has 0 atom stereocenters. The van der Waals surface area contributed by atoms with E-state index in [1.165, 1.54) is 9.58 Å². The quantitative estimate of drug-likeness (QED) is 0.212. The maximum atomic E-state index is 13.4. The van der Waals surface area contributed by atoms with E-state index >= 15 is 0 Å². The first-order chi connectivity index (χ1) is 18.0. The summed E-state index contributed by atoms with van der Waals surface area (Å²) in [6, 6.07) is 25.0. The first-order valence-corrected chi connectivity index (χ1v) is 12.2. The smallest absolute Gasteiger partial charge is 0.307 e. The zero-order valence-electron chi connectivity index (χ0n) is 19.6. The zero-order chi connectivity index (χ0) is 25.8. The topological polar surface area (TPSA) is 112 Å². The number of rotatable bonds is 7. The molecule has 0 bridgehead atoms. The molecule has 10 heteroatoms. The molecule has 0 radical (unpaired) electrons. The van der Waals surface area contributed by atoms with Gasteiger partial charge in [-0.05, 0) is 40.6 Å². The Labute approximate surface area is 216 Å². The number of benzene rings is 3. The standard InChI is InChI=1S/C27H20N4O5S/c1-35-21-14-8-9-18(15-21)16-22-25(33)30(19-10-4-2-5-11-19)27(28-22)37-17-23(32)24-26(34)36-29-31(24)20-12-6-3-7-13-20/h2-16H,17H2,1H3/b22-16+. The molecule has 1 aliphatic rings. The average molecular weight is 513 g/mol. The first kappa shape index (κ1) is 24.0. The summed E-state index contributed by atoms with van der Waals surface area (Å²) in [6.07, 6.45) is 1.66. The number of amides is 1. The molecule has 1 aliphatic heterocycles. The monoisotopic (exact) mass is 512 g/mol. The van der Waals surface area contributed by atoms with Crippen LogP contribution >= 0.6 is 11.8 Å². The number of anilines is 1. The highest BCUT2D eigenvalue weighted by atomic mass is 32.2. The Hall–Kier alpha value is -4.70. The van der Waals surface area contributed by atoms with Crippen molar-refractivity contribution in [1.82, 2.24) is 5.27 Å². The van der Waals surface area contributed by atoms with Crippen molar-refractivity contribution in [1.29, 1.82) is 0 Å². The van der Waals surface area contributed by atoms with Gasteiger partial charge in [0, 0.05) is 12.1 Å². The highest BCUT2D eigenvalue weighted by Crippen LogP contribution is 2.30. The maximum absolute atomic E-state index is 13.4. The van der Waals surface area contributed by atoms with Crippen LogP contribution < -0.4 is 19.4 Å². The lowest BCUT2D eigenvalue weighted by atomic mass is 10.2. The summed E-state index contributed by atoms with van der Waals surface area (Å²) >= 11 is 1.05. The molecule has 0 spiro atoms. The van der Waals surface area contributed by atoms with E-state index in [2.05, 4.69) is 10.3 Å². The molecular formula is C27H20N4O5S. The summed E-state index contributed by atoms with van der Waals surface area (Å²) in [5.74, 6) is -1.19. The normalized spacial score (nSPS) is 14.2. The molecule has 0 unspecified atom stereocenters. The van der Waals surface area contributed by atoms with Gasteiger partial charge in [0.25, 0.3) is 5.91 Å². The Morgan fingerprint density at radius 2 is 1.81 bits per heavy atom. The van der Waals surface area contributed by atoms with Crippen LogP contribution in [0.5, 0.6) is 11.7 Å². The van der Waals surface area contributed by atoms with Crippen LogP contribution in [0.25, 0.3) is 11.8 Å². The molecule has 2 heterocycles. The van der Waals surface area contributed by atoms with Crippen molar-refractivity contribution in [3.05, 3.63) is 102 Å². The lowest BCUT2D eigenvalue weighted by Crippen LogP contribution is -2.39. The molecule has 184 valence electrons. The van der Waals surface area contributed by atoms with Crippen molar-refractivity contribution in [3.8, 4) is 17.4 Å². The number of amidine groups is 1. The minimum absolute atomic E-state index is 0.162. The molecule has 9 nitrogen and oxygen atoms in total. The van der Waals surface area contributed by atoms with E-state index in [1.807, 2.05) is 42.5 Å². The Kier molecular flexibility index (Phi) is 6.82. The van der Waals surface area contributed by atoms with Crippen LogP contribution in [0.2, 0.25) is 0 Å². The van der Waals surface area contributed by atoms with E-state index in [-0.39, 0.29) is 23.1 Å². The van der Waals surface area contributed by atoms with Gasteiger partial charge in [-0.3, -0.25) is 14.5 Å². The summed E-state index contributed by atoms with van der Waals surface area (Å²) in [5.41, 5.74) is 1.87. The van der Waals surface area contributed by atoms with Crippen molar-refractivity contribution in [2.24, 2.45) is 4.99 Å². The lowest BCUT2D eigenvalue weighted by Gasteiger charge is -2.17. The fraction of sp³-hybridized carbons (Fsp3) is 0.0741. The molecule has 0 N–H and O–H groups in total. The molecular weight excluding hydrogens is 492 g/mol. The van der Waals surface area contributed by atoms with Gasteiger partial charge in [0.15, 0.2) is 11.1 Å². The predicted molar refractivity (Wildman–Crippen MR) is 137 cm³/mol. The van der Waals surface area contributed by atoms with Gasteiger partial charge in [-0.25, -0.2) is 4.99 Å². The number of aromatic nitrogens is 2. The number of ketones is 1. The van der Waals surface area contributed by atoms with Crippen molar-refractivity contribution < 1.29 is 28.6 Å². The van der Waals surface area contributed by atoms with E-state index in [1.54, 1.807) is 55.7 Å². The van der Waals surface area contributed by atoms with E-state index in [0.717, 1.165) is 17.3 Å². The molecule has 0 saturated carbocycles. The third kappa shape index (κ3) is 5.00. The number of carbonyl (C=O) groups is 2. The molecule has 1 amide bonds. The molecule has 3 aromatic carbocycles. The summed E-state index contributed by atoms with van der Waals surface area (Å²) in [6.45, 7) is 0. The van der Waals surface area contributed by atoms with Gasteiger partial charge in [0.05, 0.1) is 23.8 Å². The summed E-state index contributed by atoms with van der Waals surface area (Å²) < 4.78 is 11.2. The van der Waals surface area contributed by atoms with Gasteiger partial charge in [0.1, 0.15) is 11.4 Å². The van der Waals surface area contributed by atoms with Gasteiger partial charge in [-0.1, -0.05) is 60.3 Å². The molecule has 4 aromatic rings. The number of carbonyl (C=O) groups excluding carboxylic acids is 2. The minimum Gasteiger partial charge on any atom is -0.539 e. The number of nitrogens with zero attached hydrogens (tertiary/aromatic N) is 4. The first-order valence-electron chi connectivity index (χ1n) is 11.2. The third-order valence-corrected chi connectivity index (χ3v) is 6.39. The number of methoxy groups -OCH3 is 1. The predicted octanol–water partition coefficient (Wildman–Crippen LogP) is 3.39. The SMILES string of the molecule is COc1cccc(/C=C2/N=C(SCC(=O)c3c([O-])on[n+]3-c3ccccc3)N(c3ccccc3)C2=O)c1. The highest BCUT2D eigenvalue weighted by molar-refractivity contribution is 8.14. The van der Waals surface area contributed by atoms with Crippen LogP contribution in [-0.2, 0) is 4.79 Å². The van der Waals surface area contributed by atoms with E-state index in [4.69, 9.17) is 9.26 Å². The second-order valence-electron chi connectivity index (χ2n) is 7.84. The summed E-state index contributed by atoms with van der Waals surface area (Å²) in [7, 11) is 1.57. The summed E-state index contributed by atoms with van der Waals surface area (Å²) in [5, 5.41) is 16.3. The van der Waals surface area contributed by atoms with Gasteiger partial charge in [-0.2, -0.15) is 0 Å². The molecule has 0 aliphatic carbocycles. The Morgan fingerprint density at radius 1 is 1.08 bits per heavy atom. The average Bonchev–Trinajstić information content (AvgIpc) is 3.47. The number of thioether (sulfide) groups is 1.